The van der Waals surface area contributed by atoms with Crippen molar-refractivity contribution in [3.63, 3.8) is 0 Å². The molecule has 84 valence electrons. The Kier molecular flexibility index (Phi) is 3.54. The predicted octanol–water partition coefficient (Wildman–Crippen LogP) is 3.76. The highest BCUT2D eigenvalue weighted by Gasteiger charge is 2.40. The van der Waals surface area contributed by atoms with Gasteiger partial charge < -0.3 is 4.79 Å². The number of carbonyl (C=O) groups excluding carboxylic acids is 1. The van der Waals surface area contributed by atoms with Crippen LogP contribution in [0.3, 0.4) is 0 Å². The summed E-state index contributed by atoms with van der Waals surface area (Å²) in [5.74, 6) is 0.894. The van der Waals surface area contributed by atoms with Crippen LogP contribution in [-0.2, 0) is 4.79 Å². The van der Waals surface area contributed by atoms with Crippen LogP contribution < -0.4 is 0 Å². The molecule has 0 saturated heterocycles. The Labute approximate surface area is 93.3 Å². The molecule has 0 radical (unpaired) electrons. The third-order valence-corrected chi connectivity index (χ3v) is 3.91. The van der Waals surface area contributed by atoms with Gasteiger partial charge in [0.1, 0.15) is 6.29 Å². The van der Waals surface area contributed by atoms with Crippen LogP contribution in [0.15, 0.2) is 24.3 Å². The predicted molar refractivity (Wildman–Crippen MR) is 64.6 cm³/mol. The molecule has 0 unspecified atom stereocenters. The maximum absolute atomic E-state index is 11.2. The van der Waals surface area contributed by atoms with E-state index in [1.54, 1.807) is 0 Å². The monoisotopic (exact) mass is 206 g/mol. The minimum Gasteiger partial charge on any atom is -0.303 e. The minimum atomic E-state index is -0.197. The zero-order valence-electron chi connectivity index (χ0n) is 10.2. The van der Waals surface area contributed by atoms with Crippen molar-refractivity contribution in [3.05, 3.63) is 24.3 Å². The fourth-order valence-electron chi connectivity index (χ4n) is 2.68. The lowest BCUT2D eigenvalue weighted by molar-refractivity contribution is -0.119. The maximum atomic E-state index is 11.2. The van der Waals surface area contributed by atoms with Gasteiger partial charge in [0.2, 0.25) is 0 Å². The number of aldehydes is 1. The zero-order valence-corrected chi connectivity index (χ0v) is 10.2. The van der Waals surface area contributed by atoms with Crippen molar-refractivity contribution < 1.29 is 4.79 Å². The first-order valence-electron chi connectivity index (χ1n) is 5.68. The summed E-state index contributed by atoms with van der Waals surface area (Å²) in [5, 5.41) is 0. The van der Waals surface area contributed by atoms with E-state index >= 15 is 0 Å². The lowest BCUT2D eigenvalue weighted by Gasteiger charge is -2.41. The van der Waals surface area contributed by atoms with Gasteiger partial charge in [0.25, 0.3) is 0 Å². The molecule has 0 amide bonds. The molecule has 0 N–H and O–H groups in total. The Hall–Kier alpha value is -0.850. The first kappa shape index (κ1) is 12.2. The van der Waals surface area contributed by atoms with Crippen LogP contribution in [-0.4, -0.2) is 6.29 Å². The fourth-order valence-corrected chi connectivity index (χ4v) is 2.68. The zero-order chi connectivity index (χ0) is 11.6. The van der Waals surface area contributed by atoms with E-state index in [1.807, 2.05) is 6.92 Å². The highest BCUT2D eigenvalue weighted by Crippen LogP contribution is 2.46. The molecule has 0 bridgehead atoms. The summed E-state index contributed by atoms with van der Waals surface area (Å²) in [6.45, 7) is 14.2. The average Bonchev–Trinajstić information content (AvgIpc) is 2.17. The van der Waals surface area contributed by atoms with Gasteiger partial charge in [-0.25, -0.2) is 0 Å². The Balaban J connectivity index is 2.88. The highest BCUT2D eigenvalue weighted by atomic mass is 16.1. The van der Waals surface area contributed by atoms with E-state index < -0.39 is 0 Å². The van der Waals surface area contributed by atoms with Crippen molar-refractivity contribution in [2.24, 2.45) is 17.3 Å². The Morgan fingerprint density at radius 3 is 2.33 bits per heavy atom. The van der Waals surface area contributed by atoms with Gasteiger partial charge >= 0.3 is 0 Å². The second-order valence-electron chi connectivity index (χ2n) is 5.34. The molecule has 1 heteroatoms. The number of hydrogen-bond donors (Lipinski definition) is 0. The second-order valence-corrected chi connectivity index (χ2v) is 5.34. The van der Waals surface area contributed by atoms with E-state index in [0.717, 1.165) is 31.1 Å². The molecule has 1 aliphatic rings. The first-order valence-corrected chi connectivity index (χ1v) is 5.68. The van der Waals surface area contributed by atoms with E-state index in [0.29, 0.717) is 11.8 Å². The van der Waals surface area contributed by atoms with Crippen LogP contribution in [0.5, 0.6) is 0 Å². The topological polar surface area (TPSA) is 17.1 Å². The molecule has 0 aromatic rings. The van der Waals surface area contributed by atoms with Gasteiger partial charge in [0, 0.05) is 5.41 Å². The minimum absolute atomic E-state index is 0.197. The van der Waals surface area contributed by atoms with E-state index in [4.69, 9.17) is 0 Å². The van der Waals surface area contributed by atoms with Gasteiger partial charge in [-0.05, 0) is 44.9 Å². The number of rotatable bonds is 3. The Morgan fingerprint density at radius 2 is 1.93 bits per heavy atom. The standard InChI is InChI=1S/C14H22O/c1-10(2)12-6-7-14(5,9-15)13(8-12)11(3)4/h9,12-13H,1,3,6-8H2,2,4-5H3/t12-,13-,14-/m0/s1. The van der Waals surface area contributed by atoms with Crippen LogP contribution in [0.1, 0.15) is 40.0 Å². The van der Waals surface area contributed by atoms with Crippen molar-refractivity contribution in [2.45, 2.75) is 40.0 Å². The number of carbonyl (C=O) groups is 1. The summed E-state index contributed by atoms with van der Waals surface area (Å²) in [7, 11) is 0. The summed E-state index contributed by atoms with van der Waals surface area (Å²) in [6.07, 6.45) is 4.22. The van der Waals surface area contributed by atoms with Gasteiger partial charge in [-0.15, -0.1) is 0 Å². The lowest BCUT2D eigenvalue weighted by atomic mass is 9.62. The Morgan fingerprint density at radius 1 is 1.33 bits per heavy atom. The summed E-state index contributed by atoms with van der Waals surface area (Å²) in [6, 6.07) is 0. The molecule has 1 nitrogen and oxygen atoms in total. The van der Waals surface area contributed by atoms with Crippen LogP contribution in [0.2, 0.25) is 0 Å². The summed E-state index contributed by atoms with van der Waals surface area (Å²) >= 11 is 0. The summed E-state index contributed by atoms with van der Waals surface area (Å²) < 4.78 is 0. The first-order chi connectivity index (χ1) is 6.90. The largest absolute Gasteiger partial charge is 0.303 e. The Bertz CT molecular complexity index is 290. The smallest absolute Gasteiger partial charge is 0.126 e. The number of allylic oxidation sites excluding steroid dienone is 2. The van der Waals surface area contributed by atoms with Gasteiger partial charge in [-0.3, -0.25) is 0 Å². The molecular formula is C14H22O. The van der Waals surface area contributed by atoms with Crippen LogP contribution in [0.25, 0.3) is 0 Å². The van der Waals surface area contributed by atoms with Crippen molar-refractivity contribution in [3.8, 4) is 0 Å². The molecular weight excluding hydrogens is 184 g/mol. The van der Waals surface area contributed by atoms with Crippen molar-refractivity contribution in [1.29, 1.82) is 0 Å². The third kappa shape index (κ3) is 2.39. The quantitative estimate of drug-likeness (QED) is 0.507. The SMILES string of the molecule is C=C(C)[C@H]1CC[C@@](C)(C=O)[C@H](C(=C)C)C1. The highest BCUT2D eigenvalue weighted by molar-refractivity contribution is 5.60. The van der Waals surface area contributed by atoms with E-state index in [-0.39, 0.29) is 5.41 Å². The maximum Gasteiger partial charge on any atom is 0.126 e. The molecule has 1 saturated carbocycles. The van der Waals surface area contributed by atoms with E-state index in [1.165, 1.54) is 5.57 Å². The molecule has 0 heterocycles. The van der Waals surface area contributed by atoms with Crippen molar-refractivity contribution >= 4 is 6.29 Å². The van der Waals surface area contributed by atoms with Crippen LogP contribution >= 0.6 is 0 Å². The molecule has 0 aromatic carbocycles. The third-order valence-electron chi connectivity index (χ3n) is 3.91. The normalized spacial score (nSPS) is 35.9. The fraction of sp³-hybridized carbons (Fsp3) is 0.643. The van der Waals surface area contributed by atoms with Crippen LogP contribution in [0.4, 0.5) is 0 Å². The van der Waals surface area contributed by atoms with Crippen LogP contribution in [0, 0.1) is 17.3 Å². The molecule has 1 aliphatic carbocycles. The van der Waals surface area contributed by atoms with E-state index in [2.05, 4.69) is 27.0 Å². The van der Waals surface area contributed by atoms with Crippen molar-refractivity contribution in [2.75, 3.05) is 0 Å². The van der Waals surface area contributed by atoms with Gasteiger partial charge in [0.05, 0.1) is 0 Å². The van der Waals surface area contributed by atoms with E-state index in [9.17, 15) is 4.79 Å². The van der Waals surface area contributed by atoms with Gasteiger partial charge in [-0.1, -0.05) is 31.2 Å². The molecule has 15 heavy (non-hydrogen) atoms. The average molecular weight is 206 g/mol. The lowest BCUT2D eigenvalue weighted by Crippen LogP contribution is -2.36. The second kappa shape index (κ2) is 4.34. The molecule has 3 atom stereocenters. The molecule has 1 rings (SSSR count). The molecule has 0 aromatic heterocycles. The van der Waals surface area contributed by atoms with Gasteiger partial charge in [-0.2, -0.15) is 0 Å². The van der Waals surface area contributed by atoms with Crippen molar-refractivity contribution in [1.82, 2.24) is 0 Å². The summed E-state index contributed by atoms with van der Waals surface area (Å²) in [5.41, 5.74) is 2.18. The molecule has 1 fully saturated rings. The molecule has 0 spiro atoms. The summed E-state index contributed by atoms with van der Waals surface area (Å²) in [4.78, 5) is 11.2. The van der Waals surface area contributed by atoms with Gasteiger partial charge in [0.15, 0.2) is 0 Å². The molecule has 0 aliphatic heterocycles. The number of hydrogen-bond acceptors (Lipinski definition) is 1.